The summed E-state index contributed by atoms with van der Waals surface area (Å²) in [4.78, 5) is 0. The van der Waals surface area contributed by atoms with Gasteiger partial charge in [0.25, 0.3) is 0 Å². The van der Waals surface area contributed by atoms with Crippen LogP contribution in [0.25, 0.3) is 22.3 Å². The van der Waals surface area contributed by atoms with Gasteiger partial charge in [0, 0.05) is 4.57 Å². The van der Waals surface area contributed by atoms with E-state index in [-0.39, 0.29) is 13.2 Å². The van der Waals surface area contributed by atoms with Gasteiger partial charge >= 0.3 is 8.25 Å². The van der Waals surface area contributed by atoms with Crippen LogP contribution in [-0.4, -0.2) is 0 Å². The number of benzene rings is 4. The summed E-state index contributed by atoms with van der Waals surface area (Å²) in [5, 5.41) is 0. The third-order valence-corrected chi connectivity index (χ3v) is 7.97. The van der Waals surface area contributed by atoms with Gasteiger partial charge < -0.3 is 0 Å². The molecule has 0 spiro atoms. The number of hydrogen-bond acceptors (Lipinski definition) is 3. The Kier molecular flexibility index (Phi) is 10.0. The zero-order chi connectivity index (χ0) is 26.9. The molecule has 0 saturated heterocycles. The van der Waals surface area contributed by atoms with Gasteiger partial charge in [-0.25, -0.2) is 0 Å². The molecule has 0 aliphatic heterocycles. The molecule has 0 aliphatic rings. The number of hydrogen-bond donors (Lipinski definition) is 0. The van der Waals surface area contributed by atoms with Crippen LogP contribution in [0, 0.1) is 0 Å². The minimum absolute atomic E-state index is 0.272. The minimum Gasteiger partial charge on any atom is -0.114 e. The largest absolute Gasteiger partial charge is 0.698 e. The van der Waals surface area contributed by atoms with Crippen LogP contribution in [0.15, 0.2) is 84.9 Å². The summed E-state index contributed by atoms with van der Waals surface area (Å²) in [6.45, 7) is 9.25. The van der Waals surface area contributed by atoms with Gasteiger partial charge in [-0.1, -0.05) is 113 Å². The maximum absolute atomic E-state index is 12.8. The number of rotatable bonds is 12. The average Bonchev–Trinajstić information content (AvgIpc) is 2.98. The van der Waals surface area contributed by atoms with Gasteiger partial charge in [0.05, 0.1) is 0 Å². The molecule has 0 unspecified atom stereocenters. The molecule has 4 aromatic carbocycles. The minimum atomic E-state index is -2.24. The summed E-state index contributed by atoms with van der Waals surface area (Å²) in [5.41, 5.74) is 12.3. The van der Waals surface area contributed by atoms with E-state index in [1.807, 2.05) is 12.1 Å². The van der Waals surface area contributed by atoms with Crippen LogP contribution in [0.1, 0.15) is 61.1 Å². The highest BCUT2D eigenvalue weighted by atomic mass is 31.1. The normalized spacial score (nSPS) is 11.1. The lowest BCUT2D eigenvalue weighted by Crippen LogP contribution is -2.03. The van der Waals surface area contributed by atoms with Gasteiger partial charge in [0.15, 0.2) is 0 Å². The van der Waals surface area contributed by atoms with E-state index in [1.165, 1.54) is 44.5 Å². The lowest BCUT2D eigenvalue weighted by atomic mass is 9.89. The summed E-state index contributed by atoms with van der Waals surface area (Å²) in [5.74, 6) is 0. The topological polar surface area (TPSA) is 35.5 Å². The molecule has 0 bridgehead atoms. The summed E-state index contributed by atoms with van der Waals surface area (Å²) in [6.07, 6.45) is 3.66. The van der Waals surface area contributed by atoms with E-state index >= 15 is 0 Å². The van der Waals surface area contributed by atoms with E-state index in [9.17, 15) is 4.57 Å². The summed E-state index contributed by atoms with van der Waals surface area (Å²) in [7, 11) is -2.24. The highest BCUT2D eigenvalue weighted by Gasteiger charge is 2.24. The van der Waals surface area contributed by atoms with E-state index < -0.39 is 8.25 Å². The van der Waals surface area contributed by atoms with Gasteiger partial charge in [-0.05, 0) is 81.3 Å². The van der Waals surface area contributed by atoms with Crippen molar-refractivity contribution in [2.75, 3.05) is 0 Å². The Morgan fingerprint density at radius 3 is 1.21 bits per heavy atom. The van der Waals surface area contributed by atoms with Crippen LogP contribution in [0.4, 0.5) is 0 Å². The van der Waals surface area contributed by atoms with E-state index in [4.69, 9.17) is 9.05 Å². The summed E-state index contributed by atoms with van der Waals surface area (Å²) in [6, 6.07) is 29.5. The van der Waals surface area contributed by atoms with Crippen LogP contribution in [0.2, 0.25) is 0 Å². The third kappa shape index (κ3) is 6.30. The van der Waals surface area contributed by atoms with Crippen molar-refractivity contribution in [1.82, 2.24) is 0 Å². The standard InChI is InChI=1S/C34H38O3P/c1-5-29-27(19-21-33(31(29)7-3)25-15-11-9-12-16-25)23-36-38(35)37-24-28-20-22-34(26-17-13-10-14-18-26)32(8-4)30(28)6-2/h9-22H,5-8,23-24H2,1-4H3/q+1. The summed E-state index contributed by atoms with van der Waals surface area (Å²) < 4.78 is 24.3. The fourth-order valence-electron chi connectivity index (χ4n) is 5.50. The van der Waals surface area contributed by atoms with Gasteiger partial charge in [-0.3, -0.25) is 0 Å². The molecule has 3 nitrogen and oxygen atoms in total. The molecule has 4 heteroatoms. The van der Waals surface area contributed by atoms with Gasteiger partial charge in [-0.15, -0.1) is 9.05 Å². The van der Waals surface area contributed by atoms with Crippen LogP contribution in [0.5, 0.6) is 0 Å². The fourth-order valence-corrected chi connectivity index (χ4v) is 6.06. The van der Waals surface area contributed by atoms with Crippen molar-refractivity contribution in [3.63, 3.8) is 0 Å². The molecule has 0 aliphatic carbocycles. The van der Waals surface area contributed by atoms with Crippen molar-refractivity contribution in [1.29, 1.82) is 0 Å². The smallest absolute Gasteiger partial charge is 0.114 e. The molecule has 0 atom stereocenters. The van der Waals surface area contributed by atoms with Crippen LogP contribution in [0.3, 0.4) is 0 Å². The Hall–Kier alpha value is -3.10. The second kappa shape index (κ2) is 13.6. The zero-order valence-corrected chi connectivity index (χ0v) is 23.9. The lowest BCUT2D eigenvalue weighted by Gasteiger charge is -2.17. The molecule has 0 heterocycles. The van der Waals surface area contributed by atoms with Crippen molar-refractivity contribution in [2.45, 2.75) is 66.6 Å². The quantitative estimate of drug-likeness (QED) is 0.173. The molecular weight excluding hydrogens is 487 g/mol. The first kappa shape index (κ1) is 27.9. The van der Waals surface area contributed by atoms with Gasteiger partial charge in [0.2, 0.25) is 0 Å². The van der Waals surface area contributed by atoms with E-state index in [1.54, 1.807) is 0 Å². The lowest BCUT2D eigenvalue weighted by molar-refractivity contribution is 0.212. The Bertz CT molecular complexity index is 1260. The molecule has 0 radical (unpaired) electrons. The zero-order valence-electron chi connectivity index (χ0n) is 23.0. The Labute approximate surface area is 228 Å². The SMILES string of the molecule is CCc1c(CO[P+](=O)OCc2ccc(-c3ccccc3)c(CC)c2CC)ccc(-c2ccccc2)c1CC. The summed E-state index contributed by atoms with van der Waals surface area (Å²) >= 11 is 0. The molecule has 0 saturated carbocycles. The van der Waals surface area contributed by atoms with Crippen molar-refractivity contribution in [3.8, 4) is 22.3 Å². The molecule has 0 aromatic heterocycles. The average molecular weight is 526 g/mol. The van der Waals surface area contributed by atoms with Gasteiger partial charge in [0.1, 0.15) is 13.2 Å². The molecule has 0 fully saturated rings. The molecule has 196 valence electrons. The first-order valence-electron chi connectivity index (χ1n) is 13.7. The highest BCUT2D eigenvalue weighted by Crippen LogP contribution is 2.35. The molecule has 0 N–H and O–H groups in total. The Morgan fingerprint density at radius 2 is 0.868 bits per heavy atom. The molecule has 4 aromatic rings. The molecule has 38 heavy (non-hydrogen) atoms. The van der Waals surface area contributed by atoms with E-state index in [0.29, 0.717) is 0 Å². The Balaban J connectivity index is 1.46. The van der Waals surface area contributed by atoms with Crippen LogP contribution in [-0.2, 0) is 52.5 Å². The van der Waals surface area contributed by atoms with Crippen molar-refractivity contribution < 1.29 is 13.6 Å². The molecular formula is C34H38O3P+. The van der Waals surface area contributed by atoms with Crippen LogP contribution >= 0.6 is 8.25 Å². The second-order valence-electron chi connectivity index (χ2n) is 9.38. The monoisotopic (exact) mass is 525 g/mol. The highest BCUT2D eigenvalue weighted by molar-refractivity contribution is 7.33. The van der Waals surface area contributed by atoms with Crippen molar-refractivity contribution >= 4 is 8.25 Å². The second-order valence-corrected chi connectivity index (χ2v) is 10.3. The predicted octanol–water partition coefficient (Wildman–Crippen LogP) is 9.66. The first-order chi connectivity index (χ1) is 18.6. The Morgan fingerprint density at radius 1 is 0.500 bits per heavy atom. The van der Waals surface area contributed by atoms with Crippen LogP contribution < -0.4 is 0 Å². The molecule has 4 rings (SSSR count). The third-order valence-electron chi connectivity index (χ3n) is 7.29. The van der Waals surface area contributed by atoms with Crippen molar-refractivity contribution in [3.05, 3.63) is 118 Å². The maximum Gasteiger partial charge on any atom is 0.698 e. The fraction of sp³-hybridized carbons (Fsp3) is 0.294. The van der Waals surface area contributed by atoms with E-state index in [0.717, 1.165) is 36.8 Å². The van der Waals surface area contributed by atoms with Gasteiger partial charge in [-0.2, -0.15) is 0 Å². The first-order valence-corrected chi connectivity index (χ1v) is 14.8. The van der Waals surface area contributed by atoms with Crippen molar-refractivity contribution in [2.24, 2.45) is 0 Å². The maximum atomic E-state index is 12.8. The predicted molar refractivity (Wildman–Crippen MR) is 158 cm³/mol. The van der Waals surface area contributed by atoms with E-state index in [2.05, 4.69) is 100 Å². The molecule has 0 amide bonds.